The lowest BCUT2D eigenvalue weighted by atomic mass is 9.76. The molecule has 2 saturated heterocycles. The Morgan fingerprint density at radius 3 is 2.24 bits per heavy atom. The summed E-state index contributed by atoms with van der Waals surface area (Å²) >= 11 is 0.619. The van der Waals surface area contributed by atoms with Crippen LogP contribution in [0.1, 0.15) is 86.1 Å². The van der Waals surface area contributed by atoms with Gasteiger partial charge < -0.3 is 20.8 Å². The highest BCUT2D eigenvalue weighted by Crippen LogP contribution is 2.49. The number of amides is 1. The summed E-state index contributed by atoms with van der Waals surface area (Å²) in [5.41, 5.74) is -5.54. The van der Waals surface area contributed by atoms with Crippen LogP contribution in [0.25, 0.3) is 10.4 Å². The van der Waals surface area contributed by atoms with Crippen LogP contribution in [0.4, 0.5) is 32.2 Å². The van der Waals surface area contributed by atoms with Gasteiger partial charge in [-0.3, -0.25) is 9.69 Å². The lowest BCUT2D eigenvalue weighted by molar-refractivity contribution is -0.198. The summed E-state index contributed by atoms with van der Waals surface area (Å²) in [6.45, 7) is 2.76. The quantitative estimate of drug-likeness (QED) is 0.304. The standard InChI is InChI=1S/C26H31F6N5O3S/c1-23(2,40)12-34-20(38)21-35-18(22(39)37-13-4-5-14(37)7-6-13)19(41-21)15-11-33-17(10-16(15)25(27,28)29)36-24(8-3-9-24)26(30,31)32/h10-11,13-14,22,39-40H,3-9,12H2,1-2H3,(H,33,36)(H,34,38). The maximum atomic E-state index is 14.4. The highest BCUT2D eigenvalue weighted by atomic mass is 32.1. The van der Waals surface area contributed by atoms with E-state index in [9.17, 15) is 41.4 Å². The number of hydrogen-bond acceptors (Lipinski definition) is 8. The molecule has 226 valence electrons. The van der Waals surface area contributed by atoms with Gasteiger partial charge in [0.25, 0.3) is 5.91 Å². The number of pyridine rings is 1. The highest BCUT2D eigenvalue weighted by Gasteiger charge is 2.58. The Morgan fingerprint density at radius 2 is 1.76 bits per heavy atom. The van der Waals surface area contributed by atoms with Crippen LogP contribution in [0.15, 0.2) is 12.3 Å². The molecule has 2 aliphatic heterocycles. The van der Waals surface area contributed by atoms with Crippen molar-refractivity contribution >= 4 is 23.1 Å². The number of aliphatic hydroxyl groups excluding tert-OH is 1. The number of thiazole rings is 1. The second-order valence-electron chi connectivity index (χ2n) is 11.7. The summed E-state index contributed by atoms with van der Waals surface area (Å²) in [4.78, 5) is 22.7. The van der Waals surface area contributed by atoms with Crippen LogP contribution < -0.4 is 10.6 Å². The zero-order valence-electron chi connectivity index (χ0n) is 22.4. The van der Waals surface area contributed by atoms with E-state index in [1.807, 2.05) is 0 Å². The van der Waals surface area contributed by atoms with Gasteiger partial charge in [0.15, 0.2) is 11.2 Å². The summed E-state index contributed by atoms with van der Waals surface area (Å²) in [5, 5.41) is 25.8. The summed E-state index contributed by atoms with van der Waals surface area (Å²) < 4.78 is 84.2. The largest absolute Gasteiger partial charge is 0.417 e. The Balaban J connectivity index is 1.57. The Labute approximate surface area is 236 Å². The first kappa shape index (κ1) is 30.0. The Bertz CT molecular complexity index is 1280. The molecule has 2 aromatic rings. The summed E-state index contributed by atoms with van der Waals surface area (Å²) in [5.74, 6) is -1.33. The van der Waals surface area contributed by atoms with Gasteiger partial charge in [0.2, 0.25) is 0 Å². The first-order valence-electron chi connectivity index (χ1n) is 13.4. The number of anilines is 1. The lowest BCUT2D eigenvalue weighted by Crippen LogP contribution is -2.57. The molecule has 1 amide bonds. The van der Waals surface area contributed by atoms with E-state index in [1.165, 1.54) is 13.8 Å². The third-order valence-corrected chi connectivity index (χ3v) is 9.24. The number of fused-ring (bicyclic) bond motifs is 2. The lowest BCUT2D eigenvalue weighted by Gasteiger charge is -2.44. The van der Waals surface area contributed by atoms with Gasteiger partial charge in [-0.2, -0.15) is 26.3 Å². The van der Waals surface area contributed by atoms with Crippen molar-refractivity contribution in [3.8, 4) is 10.4 Å². The second kappa shape index (κ2) is 10.3. The molecule has 5 rings (SSSR count). The number of nitrogens with zero attached hydrogens (tertiary/aromatic N) is 3. The Morgan fingerprint density at radius 1 is 1.15 bits per heavy atom. The predicted octanol–water partition coefficient (Wildman–Crippen LogP) is 5.24. The minimum atomic E-state index is -5.00. The third kappa shape index (κ3) is 5.77. The van der Waals surface area contributed by atoms with Gasteiger partial charge in [-0.05, 0) is 64.9 Å². The molecule has 0 radical (unpaired) electrons. The summed E-state index contributed by atoms with van der Waals surface area (Å²) in [6, 6.07) is 0.569. The number of nitrogens with one attached hydrogen (secondary N) is 2. The van der Waals surface area contributed by atoms with Gasteiger partial charge in [0.05, 0.1) is 16.0 Å². The zero-order chi connectivity index (χ0) is 30.0. The monoisotopic (exact) mass is 607 g/mol. The fraction of sp³-hybridized carbons (Fsp3) is 0.654. The van der Waals surface area contributed by atoms with Gasteiger partial charge in [-0.15, -0.1) is 11.3 Å². The van der Waals surface area contributed by atoms with Crippen molar-refractivity contribution < 1.29 is 41.4 Å². The van der Waals surface area contributed by atoms with Crippen molar-refractivity contribution in [3.63, 3.8) is 0 Å². The van der Waals surface area contributed by atoms with E-state index in [0.717, 1.165) is 31.9 Å². The fourth-order valence-electron chi connectivity index (χ4n) is 5.86. The second-order valence-corrected chi connectivity index (χ2v) is 12.7. The van der Waals surface area contributed by atoms with E-state index in [0.29, 0.717) is 17.4 Å². The SMILES string of the molecule is CC(C)(O)CNC(=O)c1nc(C(O)N2C3CCC2CC3)c(-c2cnc(NC3(C(F)(F)F)CCC3)cc2C(F)(F)F)s1. The first-order valence-corrected chi connectivity index (χ1v) is 14.2. The van der Waals surface area contributed by atoms with E-state index >= 15 is 0 Å². The number of rotatable bonds is 8. The molecule has 1 aliphatic carbocycles. The minimum Gasteiger partial charge on any atom is -0.389 e. The molecule has 0 aromatic carbocycles. The van der Waals surface area contributed by atoms with E-state index in [4.69, 9.17) is 0 Å². The molecule has 2 aromatic heterocycles. The van der Waals surface area contributed by atoms with Crippen LogP contribution in [-0.2, 0) is 6.18 Å². The number of aliphatic hydroxyl groups is 2. The summed E-state index contributed by atoms with van der Waals surface area (Å²) in [6.07, 6.45) is -7.30. The number of carbonyl (C=O) groups excluding carboxylic acids is 1. The molecule has 8 nitrogen and oxygen atoms in total. The molecule has 1 unspecified atom stereocenters. The molecule has 3 fully saturated rings. The number of hydrogen-bond donors (Lipinski definition) is 4. The average molecular weight is 608 g/mol. The maximum Gasteiger partial charge on any atom is 0.417 e. The van der Waals surface area contributed by atoms with Crippen LogP contribution in [0.3, 0.4) is 0 Å². The smallest absolute Gasteiger partial charge is 0.389 e. The first-order chi connectivity index (χ1) is 19.0. The van der Waals surface area contributed by atoms with Crippen molar-refractivity contribution in [2.75, 3.05) is 11.9 Å². The average Bonchev–Trinajstić information content (AvgIpc) is 3.57. The van der Waals surface area contributed by atoms with Crippen molar-refractivity contribution in [1.29, 1.82) is 0 Å². The van der Waals surface area contributed by atoms with Crippen molar-refractivity contribution in [2.45, 2.75) is 101 Å². The predicted molar refractivity (Wildman–Crippen MR) is 138 cm³/mol. The van der Waals surface area contributed by atoms with Crippen LogP contribution in [0, 0.1) is 0 Å². The van der Waals surface area contributed by atoms with E-state index in [2.05, 4.69) is 20.6 Å². The van der Waals surface area contributed by atoms with E-state index in [1.54, 1.807) is 4.90 Å². The highest BCUT2D eigenvalue weighted by molar-refractivity contribution is 7.17. The Kier molecular flexibility index (Phi) is 7.57. The number of alkyl halides is 6. The molecule has 4 heterocycles. The van der Waals surface area contributed by atoms with Crippen LogP contribution >= 0.6 is 11.3 Å². The van der Waals surface area contributed by atoms with Gasteiger partial charge >= 0.3 is 12.4 Å². The number of carbonyl (C=O) groups is 1. The van der Waals surface area contributed by atoms with Gasteiger partial charge in [0.1, 0.15) is 17.1 Å². The van der Waals surface area contributed by atoms with Crippen molar-refractivity contribution in [3.05, 3.63) is 28.5 Å². The molecule has 1 saturated carbocycles. The summed E-state index contributed by atoms with van der Waals surface area (Å²) in [7, 11) is 0. The van der Waals surface area contributed by atoms with E-state index in [-0.39, 0.29) is 53.5 Å². The molecular formula is C26H31F6N5O3S. The van der Waals surface area contributed by atoms with Crippen LogP contribution in [0.5, 0.6) is 0 Å². The van der Waals surface area contributed by atoms with Crippen LogP contribution in [-0.4, -0.2) is 66.9 Å². The van der Waals surface area contributed by atoms with Crippen molar-refractivity contribution in [1.82, 2.24) is 20.2 Å². The molecule has 2 bridgehead atoms. The van der Waals surface area contributed by atoms with Gasteiger partial charge in [-0.25, -0.2) is 9.97 Å². The fourth-order valence-corrected chi connectivity index (χ4v) is 6.89. The minimum absolute atomic E-state index is 0.0184. The number of halogens is 6. The topological polar surface area (TPSA) is 111 Å². The molecule has 0 spiro atoms. The van der Waals surface area contributed by atoms with Gasteiger partial charge in [-0.1, -0.05) is 0 Å². The molecule has 4 N–H and O–H groups in total. The van der Waals surface area contributed by atoms with E-state index < -0.39 is 52.6 Å². The van der Waals surface area contributed by atoms with Crippen molar-refractivity contribution in [2.24, 2.45) is 0 Å². The third-order valence-electron chi connectivity index (χ3n) is 8.14. The molecular weight excluding hydrogens is 576 g/mol. The molecule has 3 aliphatic rings. The number of aromatic nitrogens is 2. The zero-order valence-corrected chi connectivity index (χ0v) is 23.2. The molecule has 15 heteroatoms. The maximum absolute atomic E-state index is 14.4. The Hall–Kier alpha value is -2.49. The van der Waals surface area contributed by atoms with Gasteiger partial charge in [0, 0.05) is 30.4 Å². The van der Waals surface area contributed by atoms with Crippen LogP contribution in [0.2, 0.25) is 0 Å². The molecule has 1 atom stereocenters. The molecule has 41 heavy (non-hydrogen) atoms. The normalized spacial score (nSPS) is 23.4.